The summed E-state index contributed by atoms with van der Waals surface area (Å²) in [5.41, 5.74) is 1.19. The second-order valence-corrected chi connectivity index (χ2v) is 4.75. The lowest BCUT2D eigenvalue weighted by atomic mass is 10.0. The Morgan fingerprint density at radius 2 is 2.20 bits per heavy atom. The topological polar surface area (TPSA) is 41.0 Å². The third-order valence-corrected chi connectivity index (χ3v) is 2.68. The first-order chi connectivity index (χ1) is 7.07. The van der Waals surface area contributed by atoms with E-state index in [-0.39, 0.29) is 5.54 Å². The third kappa shape index (κ3) is 2.45. The van der Waals surface area contributed by atoms with Crippen molar-refractivity contribution in [2.45, 2.75) is 26.3 Å². The molecule has 1 aromatic heterocycles. The minimum absolute atomic E-state index is 0.164. The maximum Gasteiger partial charge on any atom is 0.132 e. The van der Waals surface area contributed by atoms with Gasteiger partial charge in [0, 0.05) is 36.9 Å². The standard InChI is InChI=1S/C11H18N4/c1-9-6-10(13-8-12-9)15-5-4-14-11(2,3)7-15/h6,8,14H,4-5,7H2,1-3H3. The molecule has 1 N–H and O–H groups in total. The number of nitrogens with zero attached hydrogens (tertiary/aromatic N) is 3. The van der Waals surface area contributed by atoms with Crippen LogP contribution in [0.25, 0.3) is 0 Å². The monoisotopic (exact) mass is 206 g/mol. The number of aryl methyl sites for hydroxylation is 1. The van der Waals surface area contributed by atoms with Gasteiger partial charge < -0.3 is 10.2 Å². The molecule has 0 aromatic carbocycles. The van der Waals surface area contributed by atoms with Gasteiger partial charge in [-0.15, -0.1) is 0 Å². The van der Waals surface area contributed by atoms with E-state index in [1.165, 1.54) is 0 Å². The van der Waals surface area contributed by atoms with E-state index in [9.17, 15) is 0 Å². The van der Waals surface area contributed by atoms with Crippen LogP contribution in [0.3, 0.4) is 0 Å². The Kier molecular flexibility index (Phi) is 2.61. The highest BCUT2D eigenvalue weighted by Crippen LogP contribution is 2.17. The number of aromatic nitrogens is 2. The summed E-state index contributed by atoms with van der Waals surface area (Å²) >= 11 is 0. The number of piperazine rings is 1. The predicted molar refractivity (Wildman–Crippen MR) is 61.1 cm³/mol. The highest BCUT2D eigenvalue weighted by atomic mass is 15.3. The van der Waals surface area contributed by atoms with Crippen LogP contribution < -0.4 is 10.2 Å². The van der Waals surface area contributed by atoms with Gasteiger partial charge in [-0.3, -0.25) is 0 Å². The lowest BCUT2D eigenvalue weighted by Crippen LogP contribution is -2.57. The van der Waals surface area contributed by atoms with Crippen LogP contribution in [0.15, 0.2) is 12.4 Å². The van der Waals surface area contributed by atoms with Gasteiger partial charge in [0.25, 0.3) is 0 Å². The molecule has 4 nitrogen and oxygen atoms in total. The molecule has 0 unspecified atom stereocenters. The second kappa shape index (κ2) is 3.77. The van der Waals surface area contributed by atoms with Crippen molar-refractivity contribution < 1.29 is 0 Å². The largest absolute Gasteiger partial charge is 0.353 e. The van der Waals surface area contributed by atoms with E-state index in [1.807, 2.05) is 13.0 Å². The normalized spacial score (nSPS) is 20.3. The molecule has 82 valence electrons. The van der Waals surface area contributed by atoms with Crippen molar-refractivity contribution in [1.82, 2.24) is 15.3 Å². The molecule has 15 heavy (non-hydrogen) atoms. The van der Waals surface area contributed by atoms with Crippen LogP contribution >= 0.6 is 0 Å². The smallest absolute Gasteiger partial charge is 0.132 e. The first-order valence-electron chi connectivity index (χ1n) is 5.35. The highest BCUT2D eigenvalue weighted by molar-refractivity contribution is 5.40. The van der Waals surface area contributed by atoms with Gasteiger partial charge in [-0.05, 0) is 20.8 Å². The van der Waals surface area contributed by atoms with Crippen LogP contribution in [-0.2, 0) is 0 Å². The molecule has 1 aliphatic heterocycles. The molecule has 0 atom stereocenters. The highest BCUT2D eigenvalue weighted by Gasteiger charge is 2.26. The fourth-order valence-electron chi connectivity index (χ4n) is 1.95. The van der Waals surface area contributed by atoms with E-state index < -0.39 is 0 Å². The number of rotatable bonds is 1. The van der Waals surface area contributed by atoms with Gasteiger partial charge in [-0.25, -0.2) is 9.97 Å². The van der Waals surface area contributed by atoms with Crippen LogP contribution in [0.1, 0.15) is 19.5 Å². The molecular weight excluding hydrogens is 188 g/mol. The van der Waals surface area contributed by atoms with Crippen LogP contribution in [-0.4, -0.2) is 35.1 Å². The molecule has 1 aromatic rings. The molecule has 0 amide bonds. The lowest BCUT2D eigenvalue weighted by molar-refractivity contribution is 0.351. The Morgan fingerprint density at radius 3 is 2.87 bits per heavy atom. The molecule has 0 saturated carbocycles. The average molecular weight is 206 g/mol. The fraction of sp³-hybridized carbons (Fsp3) is 0.636. The van der Waals surface area contributed by atoms with E-state index in [0.29, 0.717) is 0 Å². The van der Waals surface area contributed by atoms with Crippen molar-refractivity contribution in [3.8, 4) is 0 Å². The van der Waals surface area contributed by atoms with Gasteiger partial charge in [0.05, 0.1) is 0 Å². The van der Waals surface area contributed by atoms with Crippen molar-refractivity contribution in [2.75, 3.05) is 24.5 Å². The fourth-order valence-corrected chi connectivity index (χ4v) is 1.95. The zero-order chi connectivity index (χ0) is 10.9. The number of hydrogen-bond donors (Lipinski definition) is 1. The van der Waals surface area contributed by atoms with Crippen LogP contribution in [0.4, 0.5) is 5.82 Å². The lowest BCUT2D eigenvalue weighted by Gasteiger charge is -2.39. The molecular formula is C11H18N4. The summed E-state index contributed by atoms with van der Waals surface area (Å²) in [6.45, 7) is 9.44. The van der Waals surface area contributed by atoms with Gasteiger partial charge >= 0.3 is 0 Å². The molecule has 0 spiro atoms. The van der Waals surface area contributed by atoms with Gasteiger partial charge in [-0.1, -0.05) is 0 Å². The van der Waals surface area contributed by atoms with Gasteiger partial charge in [0.2, 0.25) is 0 Å². The predicted octanol–water partition coefficient (Wildman–Crippen LogP) is 0.973. The van der Waals surface area contributed by atoms with Crippen LogP contribution in [0.5, 0.6) is 0 Å². The van der Waals surface area contributed by atoms with E-state index in [2.05, 4.69) is 34.0 Å². The summed E-state index contributed by atoms with van der Waals surface area (Å²) in [6, 6.07) is 2.04. The zero-order valence-electron chi connectivity index (χ0n) is 9.62. The Labute approximate surface area is 90.7 Å². The van der Waals surface area contributed by atoms with E-state index in [0.717, 1.165) is 31.1 Å². The summed E-state index contributed by atoms with van der Waals surface area (Å²) in [7, 11) is 0. The maximum atomic E-state index is 4.32. The summed E-state index contributed by atoms with van der Waals surface area (Å²) in [5, 5.41) is 3.49. The summed E-state index contributed by atoms with van der Waals surface area (Å²) in [5.74, 6) is 1.04. The minimum Gasteiger partial charge on any atom is -0.353 e. The molecule has 0 bridgehead atoms. The van der Waals surface area contributed by atoms with Gasteiger partial charge in [0.15, 0.2) is 0 Å². The average Bonchev–Trinajstić information content (AvgIpc) is 2.16. The third-order valence-electron chi connectivity index (χ3n) is 2.68. The quantitative estimate of drug-likeness (QED) is 0.743. The molecule has 2 heterocycles. The Balaban J connectivity index is 2.17. The molecule has 0 radical (unpaired) electrons. The van der Waals surface area contributed by atoms with Gasteiger partial charge in [0.1, 0.15) is 12.1 Å². The van der Waals surface area contributed by atoms with Crippen molar-refractivity contribution in [1.29, 1.82) is 0 Å². The van der Waals surface area contributed by atoms with Crippen molar-refractivity contribution in [2.24, 2.45) is 0 Å². The Hall–Kier alpha value is -1.16. The zero-order valence-corrected chi connectivity index (χ0v) is 9.62. The molecule has 1 aliphatic rings. The molecule has 0 aliphatic carbocycles. The SMILES string of the molecule is Cc1cc(N2CCNC(C)(C)C2)ncn1. The summed E-state index contributed by atoms with van der Waals surface area (Å²) in [4.78, 5) is 10.7. The van der Waals surface area contributed by atoms with Crippen molar-refractivity contribution >= 4 is 5.82 Å². The second-order valence-electron chi connectivity index (χ2n) is 4.75. The Bertz CT molecular complexity index is 348. The van der Waals surface area contributed by atoms with E-state index in [1.54, 1.807) is 6.33 Å². The summed E-state index contributed by atoms with van der Waals surface area (Å²) in [6.07, 6.45) is 1.64. The first kappa shape index (κ1) is 10.4. The Morgan fingerprint density at radius 1 is 1.40 bits per heavy atom. The first-order valence-corrected chi connectivity index (χ1v) is 5.35. The van der Waals surface area contributed by atoms with Crippen LogP contribution in [0.2, 0.25) is 0 Å². The van der Waals surface area contributed by atoms with Gasteiger partial charge in [-0.2, -0.15) is 0 Å². The number of anilines is 1. The number of hydrogen-bond acceptors (Lipinski definition) is 4. The molecule has 1 saturated heterocycles. The molecule has 2 rings (SSSR count). The van der Waals surface area contributed by atoms with Crippen molar-refractivity contribution in [3.63, 3.8) is 0 Å². The minimum atomic E-state index is 0.164. The number of nitrogens with one attached hydrogen (secondary N) is 1. The van der Waals surface area contributed by atoms with E-state index in [4.69, 9.17) is 0 Å². The summed E-state index contributed by atoms with van der Waals surface area (Å²) < 4.78 is 0. The molecule has 4 heteroatoms. The van der Waals surface area contributed by atoms with Crippen molar-refractivity contribution in [3.05, 3.63) is 18.1 Å². The maximum absolute atomic E-state index is 4.32. The van der Waals surface area contributed by atoms with Crippen LogP contribution in [0, 0.1) is 6.92 Å². The van der Waals surface area contributed by atoms with E-state index >= 15 is 0 Å². The molecule has 1 fully saturated rings.